The van der Waals surface area contributed by atoms with Crippen LogP contribution in [0.2, 0.25) is 0 Å². The molecular formula is C8H18N2O. The van der Waals surface area contributed by atoms with E-state index in [0.717, 1.165) is 19.1 Å². The van der Waals surface area contributed by atoms with Gasteiger partial charge in [0.15, 0.2) is 0 Å². The van der Waals surface area contributed by atoms with Gasteiger partial charge in [-0.1, -0.05) is 0 Å². The van der Waals surface area contributed by atoms with E-state index in [1.807, 2.05) is 7.05 Å². The maximum atomic E-state index is 8.69. The van der Waals surface area contributed by atoms with Crippen LogP contribution in [-0.2, 0) is 0 Å². The average Bonchev–Trinajstić information content (AvgIpc) is 1.99. The van der Waals surface area contributed by atoms with Crippen LogP contribution in [0, 0.1) is 0 Å². The third-order valence-electron chi connectivity index (χ3n) is 2.38. The molecule has 3 nitrogen and oxygen atoms in total. The van der Waals surface area contributed by atoms with E-state index < -0.39 is 0 Å². The van der Waals surface area contributed by atoms with Crippen molar-refractivity contribution >= 4 is 0 Å². The van der Waals surface area contributed by atoms with E-state index in [-0.39, 0.29) is 0 Å². The van der Waals surface area contributed by atoms with Crippen LogP contribution in [0.25, 0.3) is 0 Å². The van der Waals surface area contributed by atoms with Crippen LogP contribution in [0.3, 0.4) is 0 Å². The van der Waals surface area contributed by atoms with Crippen molar-refractivity contribution in [1.29, 1.82) is 0 Å². The highest BCUT2D eigenvalue weighted by Crippen LogP contribution is 2.18. The lowest BCUT2D eigenvalue weighted by Gasteiger charge is -2.40. The number of β-amino-alcohol motifs (C(OH)–C–C–N with tert-alkyl or cyclic N) is 1. The molecular weight excluding hydrogens is 140 g/mol. The smallest absolute Gasteiger partial charge is 0.0558 e. The number of likely N-dealkylation sites (tertiary alicyclic amines) is 1. The second-order valence-corrected chi connectivity index (χ2v) is 3.09. The second kappa shape index (κ2) is 4.70. The highest BCUT2D eigenvalue weighted by atomic mass is 16.3. The van der Waals surface area contributed by atoms with Crippen molar-refractivity contribution in [2.75, 3.05) is 33.3 Å². The van der Waals surface area contributed by atoms with E-state index in [4.69, 9.17) is 5.11 Å². The van der Waals surface area contributed by atoms with E-state index in [1.165, 1.54) is 19.4 Å². The molecule has 66 valence electrons. The monoisotopic (exact) mass is 158 g/mol. The Hall–Kier alpha value is -0.120. The molecule has 0 radical (unpaired) electrons. The SMILES string of the molecule is CNCCC1CCN1CCO. The number of aliphatic hydroxyl groups excluding tert-OH is 1. The molecule has 0 aliphatic carbocycles. The van der Waals surface area contributed by atoms with Crippen molar-refractivity contribution in [3.8, 4) is 0 Å². The Labute approximate surface area is 68.4 Å². The largest absolute Gasteiger partial charge is 0.395 e. The molecule has 0 bridgehead atoms. The Kier molecular flexibility index (Phi) is 3.83. The van der Waals surface area contributed by atoms with Crippen molar-refractivity contribution in [1.82, 2.24) is 10.2 Å². The fourth-order valence-electron chi connectivity index (χ4n) is 1.55. The Morgan fingerprint density at radius 2 is 2.45 bits per heavy atom. The molecule has 1 atom stereocenters. The van der Waals surface area contributed by atoms with Crippen LogP contribution >= 0.6 is 0 Å². The molecule has 3 heteroatoms. The number of hydrogen-bond donors (Lipinski definition) is 2. The molecule has 0 spiro atoms. The summed E-state index contributed by atoms with van der Waals surface area (Å²) in [5.74, 6) is 0. The first kappa shape index (κ1) is 8.97. The number of rotatable bonds is 5. The topological polar surface area (TPSA) is 35.5 Å². The summed E-state index contributed by atoms with van der Waals surface area (Å²) in [5.41, 5.74) is 0. The third kappa shape index (κ3) is 2.43. The Bertz CT molecular complexity index is 108. The standard InChI is InChI=1S/C8H18N2O/c1-9-4-2-8-3-5-10(8)6-7-11/h8-9,11H,2-7H2,1H3. The Balaban J connectivity index is 2.05. The van der Waals surface area contributed by atoms with Crippen molar-refractivity contribution < 1.29 is 5.11 Å². The summed E-state index contributed by atoms with van der Waals surface area (Å²) >= 11 is 0. The lowest BCUT2D eigenvalue weighted by Crippen LogP contribution is -2.49. The average molecular weight is 158 g/mol. The van der Waals surface area contributed by atoms with Gasteiger partial charge in [-0.25, -0.2) is 0 Å². The summed E-state index contributed by atoms with van der Waals surface area (Å²) in [6, 6.07) is 0.731. The van der Waals surface area contributed by atoms with Crippen LogP contribution in [-0.4, -0.2) is 49.3 Å². The van der Waals surface area contributed by atoms with Gasteiger partial charge in [0.25, 0.3) is 0 Å². The molecule has 1 aliphatic rings. The van der Waals surface area contributed by atoms with Gasteiger partial charge in [-0.2, -0.15) is 0 Å². The number of hydrogen-bond acceptors (Lipinski definition) is 3. The highest BCUT2D eigenvalue weighted by Gasteiger charge is 2.25. The fourth-order valence-corrected chi connectivity index (χ4v) is 1.55. The molecule has 1 fully saturated rings. The van der Waals surface area contributed by atoms with Crippen molar-refractivity contribution in [2.45, 2.75) is 18.9 Å². The molecule has 1 unspecified atom stereocenters. The lowest BCUT2D eigenvalue weighted by atomic mass is 10.00. The van der Waals surface area contributed by atoms with E-state index in [1.54, 1.807) is 0 Å². The molecule has 0 saturated carbocycles. The molecule has 2 N–H and O–H groups in total. The number of nitrogens with one attached hydrogen (secondary N) is 1. The quantitative estimate of drug-likeness (QED) is 0.575. The third-order valence-corrected chi connectivity index (χ3v) is 2.38. The first-order valence-corrected chi connectivity index (χ1v) is 4.38. The van der Waals surface area contributed by atoms with Gasteiger partial charge in [0, 0.05) is 19.1 Å². The van der Waals surface area contributed by atoms with E-state index >= 15 is 0 Å². The number of aliphatic hydroxyl groups is 1. The van der Waals surface area contributed by atoms with E-state index in [9.17, 15) is 0 Å². The van der Waals surface area contributed by atoms with Crippen molar-refractivity contribution in [2.24, 2.45) is 0 Å². The summed E-state index contributed by atoms with van der Waals surface area (Å²) in [6.45, 7) is 3.42. The zero-order chi connectivity index (χ0) is 8.10. The fraction of sp³-hybridized carbons (Fsp3) is 1.00. The van der Waals surface area contributed by atoms with Gasteiger partial charge in [-0.15, -0.1) is 0 Å². The molecule has 11 heavy (non-hydrogen) atoms. The minimum absolute atomic E-state index is 0.302. The van der Waals surface area contributed by atoms with Gasteiger partial charge in [0.1, 0.15) is 0 Å². The minimum Gasteiger partial charge on any atom is -0.395 e. The first-order valence-electron chi connectivity index (χ1n) is 4.38. The summed E-state index contributed by atoms with van der Waals surface area (Å²) in [6.07, 6.45) is 2.53. The van der Waals surface area contributed by atoms with Gasteiger partial charge in [0.05, 0.1) is 6.61 Å². The molecule has 1 heterocycles. The van der Waals surface area contributed by atoms with Crippen LogP contribution < -0.4 is 5.32 Å². The highest BCUT2D eigenvalue weighted by molar-refractivity contribution is 4.82. The van der Waals surface area contributed by atoms with Gasteiger partial charge in [-0.3, -0.25) is 4.90 Å². The van der Waals surface area contributed by atoms with E-state index in [0.29, 0.717) is 6.61 Å². The summed E-state index contributed by atoms with van der Waals surface area (Å²) in [4.78, 5) is 2.34. The lowest BCUT2D eigenvalue weighted by molar-refractivity contribution is 0.0634. The Morgan fingerprint density at radius 1 is 1.64 bits per heavy atom. The van der Waals surface area contributed by atoms with Crippen LogP contribution in [0.4, 0.5) is 0 Å². The molecule has 0 aromatic rings. The Morgan fingerprint density at radius 3 is 2.91 bits per heavy atom. The first-order chi connectivity index (χ1) is 5.38. The second-order valence-electron chi connectivity index (χ2n) is 3.09. The zero-order valence-corrected chi connectivity index (χ0v) is 7.21. The van der Waals surface area contributed by atoms with Gasteiger partial charge in [0.2, 0.25) is 0 Å². The van der Waals surface area contributed by atoms with Crippen LogP contribution in [0.5, 0.6) is 0 Å². The summed E-state index contributed by atoms with van der Waals surface area (Å²) < 4.78 is 0. The molecule has 0 aromatic heterocycles. The molecule has 0 amide bonds. The maximum Gasteiger partial charge on any atom is 0.0558 e. The zero-order valence-electron chi connectivity index (χ0n) is 7.21. The summed E-state index contributed by atoms with van der Waals surface area (Å²) in [5, 5.41) is 11.8. The van der Waals surface area contributed by atoms with Gasteiger partial charge >= 0.3 is 0 Å². The molecule has 1 aliphatic heterocycles. The predicted molar refractivity (Wildman–Crippen MR) is 45.6 cm³/mol. The van der Waals surface area contributed by atoms with E-state index in [2.05, 4.69) is 10.2 Å². The predicted octanol–water partition coefficient (Wildman–Crippen LogP) is -0.338. The maximum absolute atomic E-state index is 8.69. The molecule has 0 aromatic carbocycles. The molecule has 1 saturated heterocycles. The van der Waals surface area contributed by atoms with Gasteiger partial charge in [-0.05, 0) is 26.4 Å². The van der Waals surface area contributed by atoms with Crippen LogP contribution in [0.15, 0.2) is 0 Å². The van der Waals surface area contributed by atoms with Crippen LogP contribution in [0.1, 0.15) is 12.8 Å². The van der Waals surface area contributed by atoms with Gasteiger partial charge < -0.3 is 10.4 Å². The van der Waals surface area contributed by atoms with Crippen molar-refractivity contribution in [3.63, 3.8) is 0 Å². The number of nitrogens with zero attached hydrogens (tertiary/aromatic N) is 1. The normalized spacial score (nSPS) is 25.1. The summed E-state index contributed by atoms with van der Waals surface area (Å²) in [7, 11) is 1.98. The minimum atomic E-state index is 0.302. The molecule has 1 rings (SSSR count). The van der Waals surface area contributed by atoms with Crippen molar-refractivity contribution in [3.05, 3.63) is 0 Å².